The minimum Gasteiger partial charge on any atom is -0.355 e. The van der Waals surface area contributed by atoms with E-state index in [2.05, 4.69) is 37.0 Å². The zero-order valence-electron chi connectivity index (χ0n) is 13.0. The lowest BCUT2D eigenvalue weighted by molar-refractivity contribution is 0.129. The second-order valence-electron chi connectivity index (χ2n) is 5.69. The van der Waals surface area contributed by atoms with E-state index in [0.717, 1.165) is 37.4 Å². The predicted molar refractivity (Wildman–Crippen MR) is 86.6 cm³/mol. The Bertz CT molecular complexity index is 824. The smallest absolute Gasteiger partial charge is 0.185 e. The van der Waals surface area contributed by atoms with Crippen LogP contribution in [0, 0.1) is 17.8 Å². The third-order valence-corrected chi connectivity index (χ3v) is 3.94. The summed E-state index contributed by atoms with van der Waals surface area (Å²) in [7, 11) is 0. The minimum atomic E-state index is 0.426. The Balaban J connectivity index is 1.27. The van der Waals surface area contributed by atoms with E-state index in [-0.39, 0.29) is 0 Å². The molecule has 1 aliphatic heterocycles. The van der Waals surface area contributed by atoms with E-state index in [1.807, 2.05) is 16.8 Å². The van der Waals surface area contributed by atoms with E-state index in [9.17, 15) is 0 Å². The van der Waals surface area contributed by atoms with Gasteiger partial charge in [0.2, 0.25) is 0 Å². The fourth-order valence-electron chi connectivity index (χ4n) is 2.58. The Morgan fingerprint density at radius 3 is 2.88 bits per heavy atom. The average molecular weight is 320 g/mol. The lowest BCUT2D eigenvalue weighted by Crippen LogP contribution is -2.47. The quantitative estimate of drug-likeness (QED) is 0.675. The second-order valence-corrected chi connectivity index (χ2v) is 5.69. The van der Waals surface area contributed by atoms with Crippen molar-refractivity contribution < 1.29 is 4.52 Å². The van der Waals surface area contributed by atoms with Crippen molar-refractivity contribution >= 4 is 0 Å². The summed E-state index contributed by atoms with van der Waals surface area (Å²) in [6, 6.07) is 5.64. The first-order valence-electron chi connectivity index (χ1n) is 7.80. The van der Waals surface area contributed by atoms with E-state index in [1.54, 1.807) is 31.1 Å². The van der Waals surface area contributed by atoms with Crippen molar-refractivity contribution in [1.82, 2.24) is 29.8 Å². The molecular formula is C17H16N6O. The van der Waals surface area contributed by atoms with Crippen LogP contribution in [0.25, 0.3) is 11.5 Å². The van der Waals surface area contributed by atoms with Crippen molar-refractivity contribution in [2.75, 3.05) is 19.6 Å². The SMILES string of the molecule is C(#CC1CN(CCn2cncn2)C1)c1ccc(-c2ccno2)nc1. The van der Waals surface area contributed by atoms with Crippen LogP contribution in [0.2, 0.25) is 0 Å². The summed E-state index contributed by atoms with van der Waals surface area (Å²) in [4.78, 5) is 10.7. The van der Waals surface area contributed by atoms with E-state index in [0.29, 0.717) is 11.7 Å². The first-order valence-corrected chi connectivity index (χ1v) is 7.80. The maximum atomic E-state index is 5.08. The standard InChI is InChI=1S/C17H16N6O/c1(14-3-4-16(19-9-14)17-5-6-21-24-17)2-15-10-22(11-15)7-8-23-13-18-12-20-23/h3-6,9,12-13,15H,7-8,10-11H2. The molecule has 24 heavy (non-hydrogen) atoms. The molecule has 0 atom stereocenters. The van der Waals surface area contributed by atoms with Crippen LogP contribution < -0.4 is 0 Å². The molecular weight excluding hydrogens is 304 g/mol. The predicted octanol–water partition coefficient (Wildman–Crippen LogP) is 1.31. The van der Waals surface area contributed by atoms with Gasteiger partial charge in [-0.05, 0) is 12.1 Å². The first kappa shape index (κ1) is 14.6. The molecule has 3 aromatic rings. The number of nitrogens with zero attached hydrogens (tertiary/aromatic N) is 6. The highest BCUT2D eigenvalue weighted by Crippen LogP contribution is 2.16. The molecule has 1 aliphatic rings. The second kappa shape index (κ2) is 6.64. The van der Waals surface area contributed by atoms with E-state index < -0.39 is 0 Å². The number of hydrogen-bond donors (Lipinski definition) is 0. The average Bonchev–Trinajstić information content (AvgIpc) is 3.27. The van der Waals surface area contributed by atoms with Crippen molar-refractivity contribution in [3.63, 3.8) is 0 Å². The molecule has 0 bridgehead atoms. The van der Waals surface area contributed by atoms with Crippen molar-refractivity contribution in [1.29, 1.82) is 0 Å². The molecule has 3 aromatic heterocycles. The molecule has 1 fully saturated rings. The van der Waals surface area contributed by atoms with Crippen molar-refractivity contribution in [2.24, 2.45) is 5.92 Å². The van der Waals surface area contributed by atoms with E-state index >= 15 is 0 Å². The van der Waals surface area contributed by atoms with E-state index in [4.69, 9.17) is 4.52 Å². The van der Waals surface area contributed by atoms with Crippen LogP contribution in [0.5, 0.6) is 0 Å². The minimum absolute atomic E-state index is 0.426. The van der Waals surface area contributed by atoms with Crippen LogP contribution in [-0.4, -0.2) is 49.4 Å². The fraction of sp³-hybridized carbons (Fsp3) is 0.294. The van der Waals surface area contributed by atoms with Crippen molar-refractivity contribution in [3.05, 3.63) is 48.8 Å². The molecule has 7 heteroatoms. The molecule has 0 amide bonds. The Morgan fingerprint density at radius 1 is 1.21 bits per heavy atom. The summed E-state index contributed by atoms with van der Waals surface area (Å²) >= 11 is 0. The highest BCUT2D eigenvalue weighted by atomic mass is 16.5. The van der Waals surface area contributed by atoms with Gasteiger partial charge in [0.15, 0.2) is 5.76 Å². The van der Waals surface area contributed by atoms with Gasteiger partial charge in [0, 0.05) is 43.4 Å². The van der Waals surface area contributed by atoms with Gasteiger partial charge >= 0.3 is 0 Å². The van der Waals surface area contributed by atoms with E-state index in [1.165, 1.54) is 0 Å². The molecule has 0 N–H and O–H groups in total. The van der Waals surface area contributed by atoms with Gasteiger partial charge in [-0.15, -0.1) is 0 Å². The molecule has 0 aliphatic carbocycles. The monoisotopic (exact) mass is 320 g/mol. The van der Waals surface area contributed by atoms with Crippen LogP contribution in [0.3, 0.4) is 0 Å². The number of aromatic nitrogens is 5. The fourth-order valence-corrected chi connectivity index (χ4v) is 2.58. The van der Waals surface area contributed by atoms with Crippen LogP contribution in [-0.2, 0) is 6.54 Å². The topological polar surface area (TPSA) is 72.9 Å². The van der Waals surface area contributed by atoms with Crippen LogP contribution in [0.4, 0.5) is 0 Å². The Morgan fingerprint density at radius 2 is 2.17 bits per heavy atom. The van der Waals surface area contributed by atoms with Crippen molar-refractivity contribution in [3.8, 4) is 23.3 Å². The zero-order valence-corrected chi connectivity index (χ0v) is 13.0. The van der Waals surface area contributed by atoms with Gasteiger partial charge in [-0.25, -0.2) is 4.98 Å². The molecule has 120 valence electrons. The van der Waals surface area contributed by atoms with Gasteiger partial charge < -0.3 is 4.52 Å². The van der Waals surface area contributed by atoms with Gasteiger partial charge in [0.1, 0.15) is 18.3 Å². The molecule has 0 radical (unpaired) electrons. The first-order chi connectivity index (χ1) is 11.9. The molecule has 0 spiro atoms. The lowest BCUT2D eigenvalue weighted by Gasteiger charge is -2.36. The Hall–Kier alpha value is -2.98. The van der Waals surface area contributed by atoms with Crippen LogP contribution in [0.1, 0.15) is 5.56 Å². The van der Waals surface area contributed by atoms with Crippen LogP contribution >= 0.6 is 0 Å². The highest BCUT2D eigenvalue weighted by Gasteiger charge is 2.24. The Labute approximate surface area is 139 Å². The molecule has 4 rings (SSSR count). The molecule has 7 nitrogen and oxygen atoms in total. The normalized spacial score (nSPS) is 14.8. The zero-order chi connectivity index (χ0) is 16.2. The van der Waals surface area contributed by atoms with Gasteiger partial charge in [-0.1, -0.05) is 17.0 Å². The summed E-state index contributed by atoms with van der Waals surface area (Å²) in [6.45, 7) is 3.86. The lowest BCUT2D eigenvalue weighted by atomic mass is 10.0. The highest BCUT2D eigenvalue weighted by molar-refractivity contribution is 5.52. The number of rotatable bonds is 4. The van der Waals surface area contributed by atoms with Gasteiger partial charge in [0.05, 0.1) is 12.7 Å². The largest absolute Gasteiger partial charge is 0.355 e. The molecule has 1 saturated heterocycles. The van der Waals surface area contributed by atoms with Crippen LogP contribution in [0.15, 0.2) is 47.8 Å². The maximum absolute atomic E-state index is 5.08. The third-order valence-electron chi connectivity index (χ3n) is 3.94. The molecule has 0 unspecified atom stereocenters. The maximum Gasteiger partial charge on any atom is 0.185 e. The molecule has 0 saturated carbocycles. The summed E-state index contributed by atoms with van der Waals surface area (Å²) in [5.41, 5.74) is 1.68. The number of hydrogen-bond acceptors (Lipinski definition) is 6. The summed E-state index contributed by atoms with van der Waals surface area (Å²) in [6.07, 6.45) is 6.68. The third kappa shape index (κ3) is 3.34. The van der Waals surface area contributed by atoms with Gasteiger partial charge in [-0.2, -0.15) is 5.10 Å². The van der Waals surface area contributed by atoms with Crippen molar-refractivity contribution in [2.45, 2.75) is 6.54 Å². The Kier molecular flexibility index (Phi) is 4.04. The summed E-state index contributed by atoms with van der Waals surface area (Å²) in [5.74, 6) is 7.60. The van der Waals surface area contributed by atoms with Gasteiger partial charge in [0.25, 0.3) is 0 Å². The summed E-state index contributed by atoms with van der Waals surface area (Å²) < 4.78 is 6.93. The number of likely N-dealkylation sites (tertiary alicyclic amines) is 1. The summed E-state index contributed by atoms with van der Waals surface area (Å²) in [5, 5.41) is 7.78. The molecule has 4 heterocycles. The number of pyridine rings is 1. The van der Waals surface area contributed by atoms with Gasteiger partial charge in [-0.3, -0.25) is 14.6 Å². The molecule has 0 aromatic carbocycles.